The van der Waals surface area contributed by atoms with Crippen molar-refractivity contribution < 1.29 is 22.6 Å². The third-order valence-corrected chi connectivity index (χ3v) is 4.35. The number of guanidine groups is 1. The summed E-state index contributed by atoms with van der Waals surface area (Å²) in [7, 11) is 1.70. The van der Waals surface area contributed by atoms with Gasteiger partial charge in [0.25, 0.3) is 0 Å². The lowest BCUT2D eigenvalue weighted by molar-refractivity contribution is -0.137. The predicted molar refractivity (Wildman–Crippen MR) is 122 cm³/mol. The van der Waals surface area contributed by atoms with Crippen molar-refractivity contribution in [2.24, 2.45) is 4.99 Å². The first-order chi connectivity index (χ1) is 14.0. The highest BCUT2D eigenvalue weighted by Crippen LogP contribution is 2.28. The van der Waals surface area contributed by atoms with Gasteiger partial charge in [0.15, 0.2) is 5.96 Å². The molecule has 0 spiro atoms. The molecule has 30 heavy (non-hydrogen) atoms. The van der Waals surface area contributed by atoms with Crippen LogP contribution >= 0.6 is 24.0 Å². The van der Waals surface area contributed by atoms with E-state index in [2.05, 4.69) is 25.9 Å². The van der Waals surface area contributed by atoms with Crippen molar-refractivity contribution >= 4 is 35.8 Å². The SMILES string of the molecule is CN=C(NCCCNc1ccc(C(F)(F)F)cn1)NCCCOCC1CCCO1.I. The van der Waals surface area contributed by atoms with Crippen molar-refractivity contribution in [2.45, 2.75) is 38.0 Å². The fourth-order valence-electron chi connectivity index (χ4n) is 2.77. The number of hydrogen-bond donors (Lipinski definition) is 3. The van der Waals surface area contributed by atoms with E-state index in [9.17, 15) is 13.2 Å². The van der Waals surface area contributed by atoms with Gasteiger partial charge in [0.1, 0.15) is 5.82 Å². The Bertz CT molecular complexity index is 611. The summed E-state index contributed by atoms with van der Waals surface area (Å²) in [5, 5.41) is 9.40. The highest BCUT2D eigenvalue weighted by molar-refractivity contribution is 14.0. The van der Waals surface area contributed by atoms with Crippen LogP contribution in [0.15, 0.2) is 23.3 Å². The Morgan fingerprint density at radius 2 is 2.00 bits per heavy atom. The summed E-state index contributed by atoms with van der Waals surface area (Å²) >= 11 is 0. The first-order valence-electron chi connectivity index (χ1n) is 9.90. The summed E-state index contributed by atoms with van der Waals surface area (Å²) < 4.78 is 48.6. The van der Waals surface area contributed by atoms with E-state index in [0.717, 1.165) is 51.1 Å². The number of aromatic nitrogens is 1. The lowest BCUT2D eigenvalue weighted by Crippen LogP contribution is -2.38. The van der Waals surface area contributed by atoms with Crippen LogP contribution in [0.2, 0.25) is 0 Å². The van der Waals surface area contributed by atoms with E-state index in [1.54, 1.807) is 7.05 Å². The quantitative estimate of drug-likeness (QED) is 0.172. The number of pyridine rings is 1. The minimum absolute atomic E-state index is 0. The maximum Gasteiger partial charge on any atom is 0.417 e. The minimum Gasteiger partial charge on any atom is -0.379 e. The number of aliphatic imine (C=N–C) groups is 1. The second-order valence-electron chi connectivity index (χ2n) is 6.70. The first kappa shape index (κ1) is 26.7. The molecule has 0 aromatic carbocycles. The lowest BCUT2D eigenvalue weighted by Gasteiger charge is -2.13. The highest BCUT2D eigenvalue weighted by atomic mass is 127. The zero-order valence-electron chi connectivity index (χ0n) is 17.1. The van der Waals surface area contributed by atoms with Crippen LogP contribution < -0.4 is 16.0 Å². The fraction of sp³-hybridized carbons (Fsp3) is 0.684. The Hall–Kier alpha value is -1.34. The number of nitrogens with zero attached hydrogens (tertiary/aromatic N) is 2. The van der Waals surface area contributed by atoms with Crippen LogP contribution in [0, 0.1) is 0 Å². The molecule has 1 aliphatic heterocycles. The van der Waals surface area contributed by atoms with E-state index < -0.39 is 11.7 Å². The van der Waals surface area contributed by atoms with E-state index in [-0.39, 0.29) is 30.1 Å². The van der Waals surface area contributed by atoms with Gasteiger partial charge in [-0.05, 0) is 37.8 Å². The fourth-order valence-corrected chi connectivity index (χ4v) is 2.77. The molecule has 7 nitrogen and oxygen atoms in total. The van der Waals surface area contributed by atoms with Crippen molar-refractivity contribution in [3.63, 3.8) is 0 Å². The monoisotopic (exact) mass is 545 g/mol. The molecule has 1 fully saturated rings. The van der Waals surface area contributed by atoms with Gasteiger partial charge in [0, 0.05) is 46.1 Å². The molecule has 2 rings (SSSR count). The first-order valence-corrected chi connectivity index (χ1v) is 9.90. The van der Waals surface area contributed by atoms with Crippen LogP contribution in [0.25, 0.3) is 0 Å². The Balaban J connectivity index is 0.00000450. The third-order valence-electron chi connectivity index (χ3n) is 4.35. The zero-order chi connectivity index (χ0) is 21.0. The van der Waals surface area contributed by atoms with E-state index in [1.165, 1.54) is 6.07 Å². The second-order valence-corrected chi connectivity index (χ2v) is 6.70. The van der Waals surface area contributed by atoms with Gasteiger partial charge in [-0.25, -0.2) is 4.98 Å². The van der Waals surface area contributed by atoms with Crippen molar-refractivity contribution in [3.8, 4) is 0 Å². The van der Waals surface area contributed by atoms with Crippen LogP contribution in [0.3, 0.4) is 0 Å². The van der Waals surface area contributed by atoms with Gasteiger partial charge in [0.05, 0.1) is 18.3 Å². The van der Waals surface area contributed by atoms with E-state index in [1.807, 2.05) is 0 Å². The third kappa shape index (κ3) is 10.6. The number of rotatable bonds is 11. The molecule has 0 radical (unpaired) electrons. The molecule has 0 bridgehead atoms. The lowest BCUT2D eigenvalue weighted by atomic mass is 10.2. The van der Waals surface area contributed by atoms with Crippen LogP contribution in [0.5, 0.6) is 0 Å². The summed E-state index contributed by atoms with van der Waals surface area (Å²) in [6, 6.07) is 2.35. The molecule has 3 N–H and O–H groups in total. The number of ether oxygens (including phenoxy) is 2. The van der Waals surface area contributed by atoms with Crippen LogP contribution in [-0.4, -0.2) is 63.6 Å². The van der Waals surface area contributed by atoms with E-state index in [4.69, 9.17) is 9.47 Å². The number of nitrogens with one attached hydrogen (secondary N) is 3. The van der Waals surface area contributed by atoms with Crippen LogP contribution in [0.4, 0.5) is 19.0 Å². The molecule has 172 valence electrons. The van der Waals surface area contributed by atoms with Crippen LogP contribution in [0.1, 0.15) is 31.2 Å². The van der Waals surface area contributed by atoms with Crippen molar-refractivity contribution in [1.29, 1.82) is 0 Å². The van der Waals surface area contributed by atoms with Crippen molar-refractivity contribution in [3.05, 3.63) is 23.9 Å². The summed E-state index contributed by atoms with van der Waals surface area (Å²) in [6.45, 7) is 4.18. The summed E-state index contributed by atoms with van der Waals surface area (Å²) in [5.74, 6) is 1.13. The standard InChI is InChI=1S/C19H30F3N5O2.HI/c1-23-18(26-10-4-11-28-14-16-5-2-12-29-16)25-9-3-8-24-17-7-6-15(13-27-17)19(20,21)22;/h6-7,13,16H,2-5,8-12,14H2,1H3,(H,24,27)(H2,23,25,26);1H. The molecule has 1 aromatic rings. The molecule has 1 saturated heterocycles. The summed E-state index contributed by atoms with van der Waals surface area (Å²) in [4.78, 5) is 7.93. The second kappa shape index (κ2) is 14.6. The molecule has 11 heteroatoms. The molecular formula is C19H31F3IN5O2. The predicted octanol–water partition coefficient (Wildman–Crippen LogP) is 3.27. The molecule has 2 heterocycles. The molecule has 0 aliphatic carbocycles. The molecule has 1 unspecified atom stereocenters. The average Bonchev–Trinajstić information content (AvgIpc) is 3.22. The molecule has 1 atom stereocenters. The molecule has 1 aliphatic rings. The Morgan fingerprint density at radius 3 is 2.60 bits per heavy atom. The maximum absolute atomic E-state index is 12.5. The van der Waals surface area contributed by atoms with Gasteiger partial charge >= 0.3 is 6.18 Å². The van der Waals surface area contributed by atoms with Gasteiger partial charge < -0.3 is 25.4 Å². The van der Waals surface area contributed by atoms with Gasteiger partial charge in [-0.2, -0.15) is 13.2 Å². The van der Waals surface area contributed by atoms with Crippen LogP contribution in [-0.2, 0) is 15.7 Å². The summed E-state index contributed by atoms with van der Waals surface area (Å²) in [5.41, 5.74) is -0.753. The Morgan fingerprint density at radius 1 is 1.23 bits per heavy atom. The maximum atomic E-state index is 12.5. The molecule has 0 amide bonds. The normalized spacial score (nSPS) is 16.8. The zero-order valence-corrected chi connectivity index (χ0v) is 19.5. The molecule has 1 aromatic heterocycles. The number of halogens is 4. The smallest absolute Gasteiger partial charge is 0.379 e. The minimum atomic E-state index is -4.37. The molecule has 0 saturated carbocycles. The van der Waals surface area contributed by atoms with Gasteiger partial charge in [-0.1, -0.05) is 0 Å². The number of anilines is 1. The topological polar surface area (TPSA) is 79.8 Å². The average molecular weight is 545 g/mol. The van der Waals surface area contributed by atoms with Crippen molar-refractivity contribution in [1.82, 2.24) is 15.6 Å². The van der Waals surface area contributed by atoms with E-state index >= 15 is 0 Å². The highest BCUT2D eigenvalue weighted by Gasteiger charge is 2.30. The Labute approximate surface area is 192 Å². The Kier molecular flexibility index (Phi) is 13.0. The largest absolute Gasteiger partial charge is 0.417 e. The van der Waals surface area contributed by atoms with Crippen molar-refractivity contribution in [2.75, 3.05) is 51.8 Å². The van der Waals surface area contributed by atoms with Gasteiger partial charge in [-0.3, -0.25) is 4.99 Å². The van der Waals surface area contributed by atoms with E-state index in [0.29, 0.717) is 38.1 Å². The number of alkyl halides is 3. The van der Waals surface area contributed by atoms with Gasteiger partial charge in [-0.15, -0.1) is 24.0 Å². The summed E-state index contributed by atoms with van der Waals surface area (Å²) in [6.07, 6.45) is 0.546. The number of hydrogen-bond acceptors (Lipinski definition) is 5. The molecular weight excluding hydrogens is 514 g/mol. The van der Waals surface area contributed by atoms with Gasteiger partial charge in [0.2, 0.25) is 0 Å².